The standard InChI is InChI=1S/C14H29NO/c1-3-14(2,10-12-16)15-11-9-13-7-5-4-6-8-13/h13,15-16H,3-12H2,1-2H3. The van der Waals surface area contributed by atoms with Gasteiger partial charge in [-0.05, 0) is 38.6 Å². The maximum absolute atomic E-state index is 9.04. The maximum atomic E-state index is 9.04. The minimum atomic E-state index is 0.142. The van der Waals surface area contributed by atoms with Crippen molar-refractivity contribution < 1.29 is 5.11 Å². The molecule has 0 bridgehead atoms. The van der Waals surface area contributed by atoms with E-state index in [0.717, 1.165) is 25.3 Å². The van der Waals surface area contributed by atoms with Crippen LogP contribution in [0.5, 0.6) is 0 Å². The van der Waals surface area contributed by atoms with E-state index in [-0.39, 0.29) is 5.54 Å². The highest BCUT2D eigenvalue weighted by molar-refractivity contribution is 4.81. The Balaban J connectivity index is 2.16. The van der Waals surface area contributed by atoms with Gasteiger partial charge in [-0.25, -0.2) is 0 Å². The average molecular weight is 227 g/mol. The van der Waals surface area contributed by atoms with Crippen molar-refractivity contribution in [2.24, 2.45) is 5.92 Å². The molecule has 16 heavy (non-hydrogen) atoms. The van der Waals surface area contributed by atoms with Crippen LogP contribution in [0.3, 0.4) is 0 Å². The molecular weight excluding hydrogens is 198 g/mol. The summed E-state index contributed by atoms with van der Waals surface area (Å²) in [7, 11) is 0. The molecule has 2 nitrogen and oxygen atoms in total. The minimum Gasteiger partial charge on any atom is -0.396 e. The second kappa shape index (κ2) is 7.29. The van der Waals surface area contributed by atoms with Gasteiger partial charge in [0.1, 0.15) is 0 Å². The molecule has 1 aliphatic carbocycles. The van der Waals surface area contributed by atoms with Crippen LogP contribution in [0.4, 0.5) is 0 Å². The Bertz CT molecular complexity index is 178. The SMILES string of the molecule is CCC(C)(CCO)NCCC1CCCCC1. The van der Waals surface area contributed by atoms with Gasteiger partial charge in [0.15, 0.2) is 0 Å². The van der Waals surface area contributed by atoms with Gasteiger partial charge in [0.05, 0.1) is 0 Å². The minimum absolute atomic E-state index is 0.142. The third-order valence-corrected chi connectivity index (χ3v) is 4.27. The van der Waals surface area contributed by atoms with Crippen LogP contribution in [0.2, 0.25) is 0 Å². The summed E-state index contributed by atoms with van der Waals surface area (Å²) in [4.78, 5) is 0. The zero-order valence-corrected chi connectivity index (χ0v) is 11.1. The Morgan fingerprint density at radius 2 is 1.94 bits per heavy atom. The van der Waals surface area contributed by atoms with Gasteiger partial charge in [0, 0.05) is 12.1 Å². The molecule has 0 saturated heterocycles. The third-order valence-electron chi connectivity index (χ3n) is 4.27. The van der Waals surface area contributed by atoms with Crippen LogP contribution in [-0.2, 0) is 0 Å². The van der Waals surface area contributed by atoms with Crippen molar-refractivity contribution in [3.05, 3.63) is 0 Å². The summed E-state index contributed by atoms with van der Waals surface area (Å²) in [6.07, 6.45) is 10.5. The summed E-state index contributed by atoms with van der Waals surface area (Å²) >= 11 is 0. The van der Waals surface area contributed by atoms with E-state index in [1.165, 1.54) is 38.5 Å². The molecule has 0 aliphatic heterocycles. The topological polar surface area (TPSA) is 32.3 Å². The molecule has 1 saturated carbocycles. The average Bonchev–Trinajstić information content (AvgIpc) is 2.31. The summed E-state index contributed by atoms with van der Waals surface area (Å²) in [6.45, 7) is 5.84. The highest BCUT2D eigenvalue weighted by atomic mass is 16.3. The van der Waals surface area contributed by atoms with Crippen LogP contribution in [0.25, 0.3) is 0 Å². The molecule has 0 spiro atoms. The molecule has 1 rings (SSSR count). The molecule has 1 aliphatic rings. The monoisotopic (exact) mass is 227 g/mol. The zero-order valence-electron chi connectivity index (χ0n) is 11.1. The van der Waals surface area contributed by atoms with Crippen LogP contribution in [0.1, 0.15) is 65.2 Å². The molecular formula is C14H29NO. The van der Waals surface area contributed by atoms with E-state index in [0.29, 0.717) is 6.61 Å². The Morgan fingerprint density at radius 3 is 2.50 bits per heavy atom. The van der Waals surface area contributed by atoms with Gasteiger partial charge in [-0.15, -0.1) is 0 Å². The first-order valence-corrected chi connectivity index (χ1v) is 7.06. The molecule has 0 aromatic rings. The van der Waals surface area contributed by atoms with Crippen molar-refractivity contribution >= 4 is 0 Å². The van der Waals surface area contributed by atoms with Gasteiger partial charge >= 0.3 is 0 Å². The van der Waals surface area contributed by atoms with Gasteiger partial charge in [-0.3, -0.25) is 0 Å². The van der Waals surface area contributed by atoms with Crippen molar-refractivity contribution in [1.82, 2.24) is 5.32 Å². The third kappa shape index (κ3) is 4.84. The quantitative estimate of drug-likeness (QED) is 0.700. The highest BCUT2D eigenvalue weighted by Crippen LogP contribution is 2.26. The molecule has 1 atom stereocenters. The summed E-state index contributed by atoms with van der Waals surface area (Å²) in [5, 5.41) is 12.7. The van der Waals surface area contributed by atoms with Gasteiger partial charge in [-0.1, -0.05) is 39.0 Å². The van der Waals surface area contributed by atoms with Crippen molar-refractivity contribution in [3.63, 3.8) is 0 Å². The second-order valence-corrected chi connectivity index (χ2v) is 5.61. The van der Waals surface area contributed by atoms with E-state index < -0.39 is 0 Å². The van der Waals surface area contributed by atoms with E-state index in [2.05, 4.69) is 19.2 Å². The smallest absolute Gasteiger partial charge is 0.0448 e. The number of aliphatic hydroxyl groups is 1. The summed E-state index contributed by atoms with van der Waals surface area (Å²) in [6, 6.07) is 0. The van der Waals surface area contributed by atoms with Crippen LogP contribution >= 0.6 is 0 Å². The first-order valence-electron chi connectivity index (χ1n) is 7.06. The molecule has 0 amide bonds. The molecule has 96 valence electrons. The molecule has 0 heterocycles. The molecule has 1 fully saturated rings. The van der Waals surface area contributed by atoms with E-state index in [1.807, 2.05) is 0 Å². The van der Waals surface area contributed by atoms with Crippen molar-refractivity contribution in [1.29, 1.82) is 0 Å². The van der Waals surface area contributed by atoms with Crippen LogP contribution < -0.4 is 5.32 Å². The molecule has 2 heteroatoms. The van der Waals surface area contributed by atoms with Crippen molar-refractivity contribution in [2.45, 2.75) is 70.8 Å². The number of hydrogen-bond acceptors (Lipinski definition) is 2. The van der Waals surface area contributed by atoms with Gasteiger partial charge in [0.2, 0.25) is 0 Å². The molecule has 0 aromatic carbocycles. The van der Waals surface area contributed by atoms with Crippen molar-refractivity contribution in [3.8, 4) is 0 Å². The van der Waals surface area contributed by atoms with Crippen LogP contribution in [0.15, 0.2) is 0 Å². The normalized spacial score (nSPS) is 21.9. The molecule has 1 unspecified atom stereocenters. The fourth-order valence-electron chi connectivity index (χ4n) is 2.69. The fraction of sp³-hybridized carbons (Fsp3) is 1.00. The lowest BCUT2D eigenvalue weighted by Crippen LogP contribution is -2.43. The first kappa shape index (κ1) is 14.0. The van der Waals surface area contributed by atoms with Gasteiger partial charge < -0.3 is 10.4 Å². The zero-order chi connectivity index (χ0) is 11.9. The van der Waals surface area contributed by atoms with E-state index in [4.69, 9.17) is 5.11 Å². The lowest BCUT2D eigenvalue weighted by Gasteiger charge is -2.30. The number of nitrogens with one attached hydrogen (secondary N) is 1. The fourth-order valence-corrected chi connectivity index (χ4v) is 2.69. The number of rotatable bonds is 7. The van der Waals surface area contributed by atoms with Crippen LogP contribution in [0, 0.1) is 5.92 Å². The lowest BCUT2D eigenvalue weighted by atomic mass is 9.86. The van der Waals surface area contributed by atoms with Crippen molar-refractivity contribution in [2.75, 3.05) is 13.2 Å². The predicted octanol–water partition coefficient (Wildman–Crippen LogP) is 3.10. The molecule has 2 N–H and O–H groups in total. The van der Waals surface area contributed by atoms with Gasteiger partial charge in [-0.2, -0.15) is 0 Å². The van der Waals surface area contributed by atoms with E-state index >= 15 is 0 Å². The van der Waals surface area contributed by atoms with E-state index in [1.54, 1.807) is 0 Å². The Hall–Kier alpha value is -0.0800. The number of aliphatic hydroxyl groups excluding tert-OH is 1. The lowest BCUT2D eigenvalue weighted by molar-refractivity contribution is 0.210. The van der Waals surface area contributed by atoms with Gasteiger partial charge in [0.25, 0.3) is 0 Å². The maximum Gasteiger partial charge on any atom is 0.0448 e. The highest BCUT2D eigenvalue weighted by Gasteiger charge is 2.21. The predicted molar refractivity (Wildman–Crippen MR) is 69.6 cm³/mol. The first-order chi connectivity index (χ1) is 7.70. The summed E-state index contributed by atoms with van der Waals surface area (Å²) in [5.41, 5.74) is 0.142. The Kier molecular flexibility index (Phi) is 6.37. The summed E-state index contributed by atoms with van der Waals surface area (Å²) in [5.74, 6) is 0.955. The van der Waals surface area contributed by atoms with Crippen LogP contribution in [-0.4, -0.2) is 23.8 Å². The second-order valence-electron chi connectivity index (χ2n) is 5.61. The summed E-state index contributed by atoms with van der Waals surface area (Å²) < 4.78 is 0. The number of hydrogen-bond donors (Lipinski definition) is 2. The Labute approximate surface area is 101 Å². The van der Waals surface area contributed by atoms with E-state index in [9.17, 15) is 0 Å². The molecule has 0 radical (unpaired) electrons. The Morgan fingerprint density at radius 1 is 1.25 bits per heavy atom. The largest absolute Gasteiger partial charge is 0.396 e. The molecule has 0 aromatic heterocycles.